The molecule has 232 valence electrons. The standard InChI is InChI=1S/C31H26ClF5N2O4S/c1-19(39(27-18-21(33)10-13-24(27)34)44(41,42)22-11-8-20(32)9-12-22)23-6-3-4-7-28(23)43-17-5-16-38(2)31(40)29-25(35)14-15-26(36)30(29)37/h3-4,6-15,18-19H,5,16-17H2,1-2H3. The van der Waals surface area contributed by atoms with Crippen molar-refractivity contribution in [1.82, 2.24) is 4.90 Å². The summed E-state index contributed by atoms with van der Waals surface area (Å²) >= 11 is 5.93. The Balaban J connectivity index is 1.57. The van der Waals surface area contributed by atoms with E-state index < -0.39 is 62.3 Å². The second kappa shape index (κ2) is 13.6. The highest BCUT2D eigenvalue weighted by Crippen LogP contribution is 2.38. The van der Waals surface area contributed by atoms with E-state index in [0.717, 1.165) is 27.4 Å². The van der Waals surface area contributed by atoms with Crippen LogP contribution in [0.15, 0.2) is 83.8 Å². The number of hydrogen-bond acceptors (Lipinski definition) is 4. The highest BCUT2D eigenvalue weighted by molar-refractivity contribution is 7.92. The molecule has 0 aliphatic rings. The molecule has 0 N–H and O–H groups in total. The smallest absolute Gasteiger partial charge is 0.264 e. The minimum absolute atomic E-state index is 0.0302. The number of para-hydroxylation sites is 1. The quantitative estimate of drug-likeness (QED) is 0.0955. The van der Waals surface area contributed by atoms with E-state index >= 15 is 4.39 Å². The summed E-state index contributed by atoms with van der Waals surface area (Å²) in [6.07, 6.45) is 0.162. The van der Waals surface area contributed by atoms with Crippen LogP contribution in [0.2, 0.25) is 5.02 Å². The Morgan fingerprint density at radius 2 is 1.52 bits per heavy atom. The van der Waals surface area contributed by atoms with E-state index in [1.54, 1.807) is 24.3 Å². The van der Waals surface area contributed by atoms with Crippen LogP contribution in [0.25, 0.3) is 0 Å². The fourth-order valence-corrected chi connectivity index (χ4v) is 6.27. The molecule has 0 bridgehead atoms. The monoisotopic (exact) mass is 652 g/mol. The van der Waals surface area contributed by atoms with Crippen LogP contribution in [-0.4, -0.2) is 39.4 Å². The Kier molecular flexibility index (Phi) is 10.2. The highest BCUT2D eigenvalue weighted by Gasteiger charge is 2.34. The SMILES string of the molecule is CC(c1ccccc1OCCCN(C)C(=O)c1c(F)ccc(F)c1F)N(c1cc(F)ccc1F)S(=O)(=O)c1ccc(Cl)cc1. The van der Waals surface area contributed by atoms with Crippen LogP contribution in [0.4, 0.5) is 27.6 Å². The molecule has 1 unspecified atom stereocenters. The maximum Gasteiger partial charge on any atom is 0.264 e. The summed E-state index contributed by atoms with van der Waals surface area (Å²) in [6, 6.07) is 14.1. The minimum atomic E-state index is -4.48. The van der Waals surface area contributed by atoms with Crippen LogP contribution in [-0.2, 0) is 10.0 Å². The van der Waals surface area contributed by atoms with E-state index in [9.17, 15) is 30.8 Å². The van der Waals surface area contributed by atoms with Crippen molar-refractivity contribution in [2.45, 2.75) is 24.3 Å². The van der Waals surface area contributed by atoms with Crippen LogP contribution in [0.1, 0.15) is 35.3 Å². The first-order valence-electron chi connectivity index (χ1n) is 13.2. The summed E-state index contributed by atoms with van der Waals surface area (Å²) in [6.45, 7) is 1.42. The summed E-state index contributed by atoms with van der Waals surface area (Å²) in [5.74, 6) is -6.83. The van der Waals surface area contributed by atoms with Crippen LogP contribution >= 0.6 is 11.6 Å². The van der Waals surface area contributed by atoms with Crippen molar-refractivity contribution in [3.63, 3.8) is 0 Å². The summed E-state index contributed by atoms with van der Waals surface area (Å²) in [5, 5.41) is 0.276. The summed E-state index contributed by atoms with van der Waals surface area (Å²) < 4.78 is 105. The number of sulfonamides is 1. The molecule has 44 heavy (non-hydrogen) atoms. The number of hydrogen-bond donors (Lipinski definition) is 0. The predicted molar refractivity (Wildman–Crippen MR) is 156 cm³/mol. The van der Waals surface area contributed by atoms with Gasteiger partial charge < -0.3 is 9.64 Å². The molecular formula is C31H26ClF5N2O4S. The van der Waals surface area contributed by atoms with Gasteiger partial charge in [0.15, 0.2) is 11.6 Å². The van der Waals surface area contributed by atoms with E-state index in [1.165, 1.54) is 38.2 Å². The molecule has 13 heteroatoms. The zero-order valence-corrected chi connectivity index (χ0v) is 25.0. The highest BCUT2D eigenvalue weighted by atomic mass is 35.5. The van der Waals surface area contributed by atoms with Gasteiger partial charge in [0.05, 0.1) is 23.2 Å². The van der Waals surface area contributed by atoms with Crippen LogP contribution in [0, 0.1) is 29.1 Å². The van der Waals surface area contributed by atoms with Crippen molar-refractivity contribution in [3.05, 3.63) is 124 Å². The molecular weight excluding hydrogens is 627 g/mol. The van der Waals surface area contributed by atoms with Gasteiger partial charge in [-0.1, -0.05) is 29.8 Å². The maximum absolute atomic E-state index is 15.1. The van der Waals surface area contributed by atoms with Gasteiger partial charge in [-0.25, -0.2) is 30.4 Å². The molecule has 4 rings (SSSR count). The summed E-state index contributed by atoms with van der Waals surface area (Å²) in [5.41, 5.74) is -1.24. The normalized spacial score (nSPS) is 12.1. The number of anilines is 1. The first kappa shape index (κ1) is 32.7. The first-order valence-corrected chi connectivity index (χ1v) is 15.0. The van der Waals surface area contributed by atoms with Gasteiger partial charge in [-0.15, -0.1) is 0 Å². The van der Waals surface area contributed by atoms with Crippen molar-refractivity contribution in [3.8, 4) is 5.75 Å². The molecule has 0 aliphatic carbocycles. The van der Waals surface area contributed by atoms with Gasteiger partial charge in [-0.2, -0.15) is 0 Å². The van der Waals surface area contributed by atoms with Crippen molar-refractivity contribution in [2.75, 3.05) is 24.5 Å². The second-order valence-electron chi connectivity index (χ2n) is 9.71. The average Bonchev–Trinajstić information content (AvgIpc) is 2.99. The Labute approximate surface area is 256 Å². The van der Waals surface area contributed by atoms with E-state index in [4.69, 9.17) is 16.3 Å². The van der Waals surface area contributed by atoms with Crippen LogP contribution in [0.3, 0.4) is 0 Å². The zero-order valence-electron chi connectivity index (χ0n) is 23.4. The molecule has 0 saturated carbocycles. The summed E-state index contributed by atoms with van der Waals surface area (Å²) in [7, 11) is -3.19. The van der Waals surface area contributed by atoms with E-state index in [0.29, 0.717) is 17.7 Å². The minimum Gasteiger partial charge on any atom is -0.493 e. The second-order valence-corrected chi connectivity index (χ2v) is 12.0. The molecule has 4 aromatic carbocycles. The predicted octanol–water partition coefficient (Wildman–Crippen LogP) is 7.53. The van der Waals surface area contributed by atoms with Gasteiger partial charge in [0.25, 0.3) is 15.9 Å². The lowest BCUT2D eigenvalue weighted by atomic mass is 10.1. The molecule has 6 nitrogen and oxygen atoms in total. The number of amides is 1. The Bertz CT molecular complexity index is 1770. The summed E-state index contributed by atoms with van der Waals surface area (Å²) in [4.78, 5) is 13.3. The number of halogens is 6. The third kappa shape index (κ3) is 6.97. The Morgan fingerprint density at radius 3 is 2.23 bits per heavy atom. The van der Waals surface area contributed by atoms with Crippen molar-refractivity contribution in [1.29, 1.82) is 0 Å². The van der Waals surface area contributed by atoms with Gasteiger partial charge in [0.1, 0.15) is 28.8 Å². The molecule has 0 aromatic heterocycles. The van der Waals surface area contributed by atoms with E-state index in [2.05, 4.69) is 0 Å². The molecule has 1 amide bonds. The lowest BCUT2D eigenvalue weighted by Gasteiger charge is -2.32. The lowest BCUT2D eigenvalue weighted by Crippen LogP contribution is -2.34. The Morgan fingerprint density at radius 1 is 0.886 bits per heavy atom. The number of ether oxygens (including phenoxy) is 1. The molecule has 4 aromatic rings. The van der Waals surface area contributed by atoms with Crippen molar-refractivity contribution < 1.29 is 39.9 Å². The van der Waals surface area contributed by atoms with Gasteiger partial charge in [-0.3, -0.25) is 9.10 Å². The van der Waals surface area contributed by atoms with Gasteiger partial charge >= 0.3 is 0 Å². The molecule has 0 aliphatic heterocycles. The molecule has 1 atom stereocenters. The van der Waals surface area contributed by atoms with Gasteiger partial charge in [0.2, 0.25) is 0 Å². The molecule has 0 heterocycles. The molecule has 0 fully saturated rings. The maximum atomic E-state index is 15.1. The third-order valence-electron chi connectivity index (χ3n) is 6.74. The number of nitrogens with zero attached hydrogens (tertiary/aromatic N) is 2. The zero-order chi connectivity index (χ0) is 32.2. The average molecular weight is 653 g/mol. The number of carbonyl (C=O) groups excluding carboxylic acids is 1. The molecule has 0 radical (unpaired) electrons. The third-order valence-corrected chi connectivity index (χ3v) is 8.89. The van der Waals surface area contributed by atoms with Crippen LogP contribution in [0.5, 0.6) is 5.75 Å². The first-order chi connectivity index (χ1) is 20.8. The van der Waals surface area contributed by atoms with E-state index in [1.807, 2.05) is 0 Å². The number of rotatable bonds is 11. The van der Waals surface area contributed by atoms with Crippen molar-refractivity contribution >= 4 is 33.2 Å². The lowest BCUT2D eigenvalue weighted by molar-refractivity contribution is 0.0776. The van der Waals surface area contributed by atoms with Gasteiger partial charge in [-0.05, 0) is 67.9 Å². The topological polar surface area (TPSA) is 66.9 Å². The largest absolute Gasteiger partial charge is 0.493 e. The van der Waals surface area contributed by atoms with Gasteiger partial charge in [0, 0.05) is 30.2 Å². The van der Waals surface area contributed by atoms with Crippen LogP contribution < -0.4 is 9.04 Å². The van der Waals surface area contributed by atoms with Crippen molar-refractivity contribution in [2.24, 2.45) is 0 Å². The fourth-order valence-electron chi connectivity index (χ4n) is 4.50. The van der Waals surface area contributed by atoms with E-state index in [-0.39, 0.29) is 35.2 Å². The number of carbonyl (C=O) groups is 1. The Hall–Kier alpha value is -4.16. The molecule has 0 spiro atoms. The fraction of sp³-hybridized carbons (Fsp3) is 0.194. The number of benzene rings is 4. The molecule has 0 saturated heterocycles.